The number of esters is 1. The number of unbranched alkanes of at least 4 members (excludes halogenated alkanes) is 1. The van der Waals surface area contributed by atoms with Crippen molar-refractivity contribution in [1.29, 1.82) is 0 Å². The van der Waals surface area contributed by atoms with Crippen LogP contribution in [0.1, 0.15) is 128 Å². The molecule has 5 rings (SSSR count). The van der Waals surface area contributed by atoms with E-state index < -0.39 is 12.2 Å². The highest BCUT2D eigenvalue weighted by Gasteiger charge is 2.56. The van der Waals surface area contributed by atoms with Gasteiger partial charge in [0.25, 0.3) is 0 Å². The molecule has 2 N–H and O–H groups in total. The van der Waals surface area contributed by atoms with Gasteiger partial charge in [0.05, 0.1) is 23.5 Å². The number of aryl methyl sites for hydroxylation is 1. The van der Waals surface area contributed by atoms with Gasteiger partial charge in [-0.15, -0.1) is 11.3 Å². The van der Waals surface area contributed by atoms with Gasteiger partial charge in [-0.1, -0.05) is 65.3 Å². The Kier molecular flexibility index (Phi) is 10.6. The lowest BCUT2D eigenvalue weighted by Crippen LogP contribution is -2.37. The summed E-state index contributed by atoms with van der Waals surface area (Å²) in [5.74, 6) is 1.57. The number of ether oxygens (including phenoxy) is 1. The Bertz CT molecular complexity index is 1240. The molecule has 244 valence electrons. The molecule has 0 radical (unpaired) electrons. The Morgan fingerprint density at radius 1 is 1.18 bits per heavy atom. The molecule has 7 atom stereocenters. The molecule has 1 heterocycles. The Labute approximate surface area is 270 Å². The van der Waals surface area contributed by atoms with E-state index in [9.17, 15) is 15.0 Å². The average molecular weight is 624 g/mol. The van der Waals surface area contributed by atoms with E-state index in [2.05, 4.69) is 45.7 Å². The van der Waals surface area contributed by atoms with E-state index in [0.717, 1.165) is 49.7 Å². The monoisotopic (exact) mass is 623 g/mol. The third kappa shape index (κ3) is 6.98. The van der Waals surface area contributed by atoms with Gasteiger partial charge in [-0.25, -0.2) is 4.98 Å². The summed E-state index contributed by atoms with van der Waals surface area (Å²) in [5, 5.41) is 21.7. The van der Waals surface area contributed by atoms with Gasteiger partial charge in [-0.05, 0) is 111 Å². The summed E-state index contributed by atoms with van der Waals surface area (Å²) in [6.07, 6.45) is 19.9. The SMILES string of the molecule is C=C1/C(=C\C=C2/CCC[C@]3(C)[C@@H]([C@H](C)CC[C@H](OC(=O)C(C)C)C4(c5ncc(CCCC)s5)CC4)CC[C@@H]23)C[C@@H](O)C[C@@H]1O. The number of hydrogen-bond acceptors (Lipinski definition) is 6. The van der Waals surface area contributed by atoms with Crippen LogP contribution in [0.25, 0.3) is 0 Å². The first kappa shape index (κ1) is 33.6. The molecule has 0 saturated heterocycles. The highest BCUT2D eigenvalue weighted by atomic mass is 32.1. The van der Waals surface area contributed by atoms with E-state index in [-0.39, 0.29) is 28.8 Å². The molecule has 4 saturated carbocycles. The van der Waals surface area contributed by atoms with Crippen molar-refractivity contribution in [3.8, 4) is 0 Å². The zero-order valence-corrected chi connectivity index (χ0v) is 28.8. The number of aliphatic hydroxyl groups is 2. The lowest BCUT2D eigenvalue weighted by molar-refractivity contribution is -0.155. The van der Waals surface area contributed by atoms with E-state index in [1.54, 1.807) is 0 Å². The number of carbonyl (C=O) groups is 1. The normalized spacial score (nSPS) is 33.0. The zero-order chi connectivity index (χ0) is 31.6. The number of thiazole rings is 1. The first-order valence-corrected chi connectivity index (χ1v) is 18.4. The maximum Gasteiger partial charge on any atom is 0.308 e. The van der Waals surface area contributed by atoms with Crippen molar-refractivity contribution in [1.82, 2.24) is 4.98 Å². The van der Waals surface area contributed by atoms with Crippen LogP contribution in [0.5, 0.6) is 0 Å². The van der Waals surface area contributed by atoms with Crippen LogP contribution in [0, 0.1) is 29.1 Å². The lowest BCUT2D eigenvalue weighted by Gasteiger charge is -2.44. The van der Waals surface area contributed by atoms with Crippen LogP contribution in [0.15, 0.2) is 41.6 Å². The van der Waals surface area contributed by atoms with Crippen LogP contribution < -0.4 is 0 Å². The minimum Gasteiger partial charge on any atom is -0.461 e. The molecule has 0 spiro atoms. The fourth-order valence-corrected chi connectivity index (χ4v) is 10.1. The van der Waals surface area contributed by atoms with Crippen molar-refractivity contribution in [3.05, 3.63) is 51.5 Å². The molecular formula is C38H57NO4S. The standard InChI is InChI=1S/C38H57NO4S/c1-7-8-11-30-23-39-36(44-30)38(19-20-38)34(43-35(42)24(2)3)17-12-25(4)31-15-16-32-27(10-9-18-37(31,32)6)13-14-28-21-29(40)22-33(41)26(28)5/h13-14,23-25,29,31-34,40-41H,5,7-12,15-22H2,1-4,6H3/b27-13+,28-14-/t25-,29-,31-,32+,33+,34+,37-/m1/s1. The van der Waals surface area contributed by atoms with Crippen LogP contribution in [0.4, 0.5) is 0 Å². The van der Waals surface area contributed by atoms with Gasteiger partial charge in [0.1, 0.15) is 11.1 Å². The first-order valence-electron chi connectivity index (χ1n) is 17.6. The third-order valence-electron chi connectivity index (χ3n) is 11.8. The molecule has 0 unspecified atom stereocenters. The summed E-state index contributed by atoms with van der Waals surface area (Å²) in [6, 6.07) is 0. The highest BCUT2D eigenvalue weighted by Crippen LogP contribution is 2.60. The fourth-order valence-electron chi connectivity index (χ4n) is 8.83. The Morgan fingerprint density at radius 2 is 1.95 bits per heavy atom. The molecule has 44 heavy (non-hydrogen) atoms. The van der Waals surface area contributed by atoms with Gasteiger partial charge in [-0.3, -0.25) is 4.79 Å². The van der Waals surface area contributed by atoms with Crippen molar-refractivity contribution in [2.45, 2.75) is 148 Å². The van der Waals surface area contributed by atoms with Crippen LogP contribution in [0.2, 0.25) is 0 Å². The van der Waals surface area contributed by atoms with Crippen molar-refractivity contribution >= 4 is 17.3 Å². The molecule has 5 nitrogen and oxygen atoms in total. The molecule has 0 bridgehead atoms. The second kappa shape index (κ2) is 13.9. The summed E-state index contributed by atoms with van der Waals surface area (Å²) in [5.41, 5.74) is 3.47. The number of carbonyl (C=O) groups excluding carboxylic acids is 1. The van der Waals surface area contributed by atoms with E-state index >= 15 is 0 Å². The van der Waals surface area contributed by atoms with Gasteiger partial charge in [-0.2, -0.15) is 0 Å². The van der Waals surface area contributed by atoms with Crippen molar-refractivity contribution in [2.24, 2.45) is 29.1 Å². The number of nitrogens with zero attached hydrogens (tertiary/aromatic N) is 1. The van der Waals surface area contributed by atoms with Gasteiger partial charge >= 0.3 is 5.97 Å². The Balaban J connectivity index is 1.28. The van der Waals surface area contributed by atoms with Crippen LogP contribution in [-0.4, -0.2) is 39.5 Å². The number of aliphatic hydroxyl groups excluding tert-OH is 2. The first-order chi connectivity index (χ1) is 21.0. The number of fused-ring (bicyclic) bond motifs is 1. The van der Waals surface area contributed by atoms with Crippen molar-refractivity contribution in [3.63, 3.8) is 0 Å². The van der Waals surface area contributed by atoms with Gasteiger partial charge in [0, 0.05) is 17.5 Å². The number of rotatable bonds is 12. The molecule has 6 heteroatoms. The molecule has 0 aromatic carbocycles. The van der Waals surface area contributed by atoms with Crippen LogP contribution in [-0.2, 0) is 21.4 Å². The van der Waals surface area contributed by atoms with E-state index in [4.69, 9.17) is 9.72 Å². The van der Waals surface area contributed by atoms with E-state index in [1.165, 1.54) is 54.0 Å². The molecule has 4 aliphatic rings. The number of hydrogen-bond donors (Lipinski definition) is 2. The van der Waals surface area contributed by atoms with Crippen LogP contribution >= 0.6 is 11.3 Å². The topological polar surface area (TPSA) is 79.7 Å². The van der Waals surface area contributed by atoms with Crippen LogP contribution in [0.3, 0.4) is 0 Å². The summed E-state index contributed by atoms with van der Waals surface area (Å²) >= 11 is 1.85. The fraction of sp³-hybridized carbons (Fsp3) is 0.737. The Morgan fingerprint density at radius 3 is 2.66 bits per heavy atom. The maximum atomic E-state index is 12.9. The summed E-state index contributed by atoms with van der Waals surface area (Å²) in [4.78, 5) is 19.2. The largest absolute Gasteiger partial charge is 0.461 e. The molecule has 4 aliphatic carbocycles. The predicted molar refractivity (Wildman–Crippen MR) is 179 cm³/mol. The van der Waals surface area contributed by atoms with Gasteiger partial charge in [0.15, 0.2) is 0 Å². The smallest absolute Gasteiger partial charge is 0.308 e. The van der Waals surface area contributed by atoms with Gasteiger partial charge in [0.2, 0.25) is 0 Å². The number of aromatic nitrogens is 1. The summed E-state index contributed by atoms with van der Waals surface area (Å²) in [6.45, 7) is 15.2. The highest BCUT2D eigenvalue weighted by molar-refractivity contribution is 7.11. The zero-order valence-electron chi connectivity index (χ0n) is 27.9. The minimum absolute atomic E-state index is 0.0820. The van der Waals surface area contributed by atoms with E-state index in [0.29, 0.717) is 30.6 Å². The minimum atomic E-state index is -0.645. The maximum absolute atomic E-state index is 12.9. The lowest BCUT2D eigenvalue weighted by atomic mass is 9.60. The van der Waals surface area contributed by atoms with Gasteiger partial charge < -0.3 is 14.9 Å². The molecule has 0 aliphatic heterocycles. The number of allylic oxidation sites excluding steroid dienone is 3. The third-order valence-corrected chi connectivity index (χ3v) is 13.0. The molecule has 0 amide bonds. The summed E-state index contributed by atoms with van der Waals surface area (Å²) < 4.78 is 6.33. The second-order valence-corrected chi connectivity index (χ2v) is 16.3. The van der Waals surface area contributed by atoms with E-state index in [1.807, 2.05) is 25.2 Å². The molecule has 1 aromatic heterocycles. The molecule has 4 fully saturated rings. The summed E-state index contributed by atoms with van der Waals surface area (Å²) in [7, 11) is 0. The average Bonchev–Trinajstić information content (AvgIpc) is 3.50. The van der Waals surface area contributed by atoms with Crippen molar-refractivity contribution < 1.29 is 19.7 Å². The quantitative estimate of drug-likeness (QED) is 0.228. The second-order valence-electron chi connectivity index (χ2n) is 15.2. The predicted octanol–water partition coefficient (Wildman–Crippen LogP) is 8.64. The molecule has 1 aromatic rings. The Hall–Kier alpha value is -1.76. The van der Waals surface area contributed by atoms with Crippen molar-refractivity contribution in [2.75, 3.05) is 0 Å². The molecular weight excluding hydrogens is 566 g/mol.